The van der Waals surface area contributed by atoms with Gasteiger partial charge in [0.1, 0.15) is 0 Å². The van der Waals surface area contributed by atoms with Crippen LogP contribution in [0.1, 0.15) is 23.2 Å². The quantitative estimate of drug-likeness (QED) is 0.741. The highest BCUT2D eigenvalue weighted by Gasteiger charge is 2.21. The Morgan fingerprint density at radius 3 is 2.80 bits per heavy atom. The third kappa shape index (κ3) is 2.36. The van der Waals surface area contributed by atoms with E-state index in [0.717, 1.165) is 25.9 Å². The summed E-state index contributed by atoms with van der Waals surface area (Å²) in [4.78, 5) is 13.8. The molecule has 2 rings (SSSR count). The van der Waals surface area contributed by atoms with Gasteiger partial charge in [0, 0.05) is 24.7 Å². The average Bonchev–Trinajstić information content (AvgIpc) is 2.30. The van der Waals surface area contributed by atoms with Gasteiger partial charge in [0.15, 0.2) is 0 Å². The highest BCUT2D eigenvalue weighted by molar-refractivity contribution is 5.94. The molecule has 0 saturated carbocycles. The van der Waals surface area contributed by atoms with E-state index in [4.69, 9.17) is 5.73 Å². The van der Waals surface area contributed by atoms with Crippen molar-refractivity contribution in [2.75, 3.05) is 13.1 Å². The van der Waals surface area contributed by atoms with Crippen LogP contribution in [0.5, 0.6) is 0 Å². The molecule has 0 unspecified atom stereocenters. The van der Waals surface area contributed by atoms with Crippen LogP contribution in [0.2, 0.25) is 0 Å². The number of carbonyl (C=O) groups is 1. The summed E-state index contributed by atoms with van der Waals surface area (Å²) in [6.45, 7) is 1.55. The van der Waals surface area contributed by atoms with Gasteiger partial charge in [-0.2, -0.15) is 0 Å². The first-order valence-corrected chi connectivity index (χ1v) is 5.28. The van der Waals surface area contributed by atoms with Gasteiger partial charge in [-0.15, -0.1) is 0 Å². The lowest BCUT2D eigenvalue weighted by atomic mass is 10.1. The Balaban J connectivity index is 2.03. The van der Waals surface area contributed by atoms with Crippen LogP contribution in [0, 0.1) is 6.07 Å². The lowest BCUT2D eigenvalue weighted by Gasteiger charge is -2.30. The van der Waals surface area contributed by atoms with Crippen molar-refractivity contribution >= 4 is 5.91 Å². The van der Waals surface area contributed by atoms with Crippen molar-refractivity contribution in [3.05, 3.63) is 35.9 Å². The minimum absolute atomic E-state index is 0.0961. The summed E-state index contributed by atoms with van der Waals surface area (Å²) in [5.74, 6) is 0.0961. The summed E-state index contributed by atoms with van der Waals surface area (Å²) in [6, 6.07) is 10.4. The molecule has 0 bridgehead atoms. The number of rotatable bonds is 1. The molecule has 1 radical (unpaired) electrons. The molecule has 3 nitrogen and oxygen atoms in total. The van der Waals surface area contributed by atoms with Gasteiger partial charge in [-0.25, -0.2) is 0 Å². The number of benzene rings is 1. The third-order valence-corrected chi connectivity index (χ3v) is 2.78. The summed E-state index contributed by atoms with van der Waals surface area (Å²) in [6.07, 6.45) is 1.81. The van der Waals surface area contributed by atoms with Gasteiger partial charge < -0.3 is 10.6 Å². The van der Waals surface area contributed by atoms with Crippen molar-refractivity contribution in [3.63, 3.8) is 0 Å². The van der Waals surface area contributed by atoms with Crippen LogP contribution in [-0.2, 0) is 0 Å². The van der Waals surface area contributed by atoms with E-state index in [0.29, 0.717) is 5.56 Å². The predicted octanol–water partition coefficient (Wildman–Crippen LogP) is 1.05. The van der Waals surface area contributed by atoms with Crippen molar-refractivity contribution < 1.29 is 4.79 Å². The maximum Gasteiger partial charge on any atom is 0.253 e. The fraction of sp³-hybridized carbons (Fsp3) is 0.417. The Morgan fingerprint density at radius 1 is 1.47 bits per heavy atom. The second kappa shape index (κ2) is 4.45. The second-order valence-electron chi connectivity index (χ2n) is 3.92. The van der Waals surface area contributed by atoms with Crippen molar-refractivity contribution in [2.24, 2.45) is 5.73 Å². The molecule has 0 spiro atoms. The number of nitrogens with two attached hydrogens (primary N) is 1. The molecular weight excluding hydrogens is 188 g/mol. The van der Waals surface area contributed by atoms with Crippen molar-refractivity contribution in [3.8, 4) is 0 Å². The van der Waals surface area contributed by atoms with E-state index >= 15 is 0 Å². The number of carbonyl (C=O) groups excluding carboxylic acids is 1. The molecule has 1 aliphatic rings. The zero-order chi connectivity index (χ0) is 10.7. The predicted molar refractivity (Wildman–Crippen MR) is 58.4 cm³/mol. The lowest BCUT2D eigenvalue weighted by Crippen LogP contribution is -2.42. The van der Waals surface area contributed by atoms with Crippen LogP contribution < -0.4 is 5.73 Å². The summed E-state index contributed by atoms with van der Waals surface area (Å²) in [5.41, 5.74) is 6.51. The molecular formula is C12H15N2O. The molecule has 1 heterocycles. The highest BCUT2D eigenvalue weighted by Crippen LogP contribution is 2.12. The third-order valence-electron chi connectivity index (χ3n) is 2.78. The summed E-state index contributed by atoms with van der Waals surface area (Å²) < 4.78 is 0. The molecule has 0 aliphatic carbocycles. The van der Waals surface area contributed by atoms with Gasteiger partial charge in [-0.05, 0) is 31.0 Å². The molecule has 1 amide bonds. The molecule has 2 N–H and O–H groups in total. The Kier molecular flexibility index (Phi) is 3.02. The van der Waals surface area contributed by atoms with Gasteiger partial charge in [0.25, 0.3) is 5.91 Å². The summed E-state index contributed by atoms with van der Waals surface area (Å²) in [7, 11) is 0. The van der Waals surface area contributed by atoms with E-state index in [1.165, 1.54) is 0 Å². The number of hydrogen-bond donors (Lipinski definition) is 1. The van der Waals surface area contributed by atoms with Gasteiger partial charge in [0.05, 0.1) is 0 Å². The minimum atomic E-state index is 0.0961. The standard InChI is InChI=1S/C12H15N2O/c13-11-6-8-14(9-7-11)12(15)10-4-2-1-3-5-10/h1-2,4-5,11H,6-9,13H2. The first-order chi connectivity index (χ1) is 7.27. The number of likely N-dealkylation sites (tertiary alicyclic amines) is 1. The molecule has 79 valence electrons. The maximum atomic E-state index is 12.0. The minimum Gasteiger partial charge on any atom is -0.339 e. The van der Waals surface area contributed by atoms with Gasteiger partial charge in [-0.3, -0.25) is 4.79 Å². The van der Waals surface area contributed by atoms with Gasteiger partial charge >= 0.3 is 0 Å². The molecule has 15 heavy (non-hydrogen) atoms. The zero-order valence-corrected chi connectivity index (χ0v) is 8.65. The maximum absolute atomic E-state index is 12.0. The normalized spacial score (nSPS) is 17.8. The summed E-state index contributed by atoms with van der Waals surface area (Å²) in [5, 5.41) is 0. The SMILES string of the molecule is NC1CCN(C(=O)c2c[c]ccc2)CC1. The summed E-state index contributed by atoms with van der Waals surface area (Å²) >= 11 is 0. The molecule has 0 atom stereocenters. The number of nitrogens with zero attached hydrogens (tertiary/aromatic N) is 1. The van der Waals surface area contributed by atoms with Crippen LogP contribution >= 0.6 is 0 Å². The van der Waals surface area contributed by atoms with E-state index in [1.54, 1.807) is 12.1 Å². The molecule has 1 aliphatic heterocycles. The molecule has 3 heteroatoms. The lowest BCUT2D eigenvalue weighted by molar-refractivity contribution is 0.0715. The van der Waals surface area contributed by atoms with Crippen molar-refractivity contribution in [1.29, 1.82) is 0 Å². The van der Waals surface area contributed by atoms with E-state index < -0.39 is 0 Å². The van der Waals surface area contributed by atoms with Crippen LogP contribution in [-0.4, -0.2) is 29.9 Å². The average molecular weight is 203 g/mol. The smallest absolute Gasteiger partial charge is 0.253 e. The Morgan fingerprint density at radius 2 is 2.20 bits per heavy atom. The monoisotopic (exact) mass is 203 g/mol. The van der Waals surface area contributed by atoms with Crippen LogP contribution in [0.4, 0.5) is 0 Å². The van der Waals surface area contributed by atoms with Crippen LogP contribution in [0.25, 0.3) is 0 Å². The van der Waals surface area contributed by atoms with Crippen molar-refractivity contribution in [2.45, 2.75) is 18.9 Å². The molecule has 1 aromatic carbocycles. The second-order valence-corrected chi connectivity index (χ2v) is 3.92. The largest absolute Gasteiger partial charge is 0.339 e. The van der Waals surface area contributed by atoms with Crippen LogP contribution in [0.3, 0.4) is 0 Å². The number of amides is 1. The van der Waals surface area contributed by atoms with E-state index in [9.17, 15) is 4.79 Å². The molecule has 1 fully saturated rings. The molecule has 0 aromatic heterocycles. The number of piperidine rings is 1. The number of hydrogen-bond acceptors (Lipinski definition) is 2. The fourth-order valence-corrected chi connectivity index (χ4v) is 1.81. The van der Waals surface area contributed by atoms with Gasteiger partial charge in [-0.1, -0.05) is 12.1 Å². The Hall–Kier alpha value is -1.35. The topological polar surface area (TPSA) is 46.3 Å². The van der Waals surface area contributed by atoms with Crippen LogP contribution in [0.15, 0.2) is 24.3 Å². The molecule has 1 aromatic rings. The first kappa shape index (κ1) is 10.2. The first-order valence-electron chi connectivity index (χ1n) is 5.28. The zero-order valence-electron chi connectivity index (χ0n) is 8.65. The van der Waals surface area contributed by atoms with Crippen molar-refractivity contribution in [1.82, 2.24) is 4.90 Å². The Labute approximate surface area is 89.9 Å². The van der Waals surface area contributed by atoms with E-state index in [2.05, 4.69) is 6.07 Å². The van der Waals surface area contributed by atoms with Gasteiger partial charge in [0.2, 0.25) is 0 Å². The fourth-order valence-electron chi connectivity index (χ4n) is 1.81. The Bertz CT molecular complexity index is 329. The molecule has 1 saturated heterocycles. The van der Waals surface area contributed by atoms with E-state index in [1.807, 2.05) is 17.0 Å². The highest BCUT2D eigenvalue weighted by atomic mass is 16.2. The van der Waals surface area contributed by atoms with E-state index in [-0.39, 0.29) is 11.9 Å².